The maximum Gasteiger partial charge on any atom is 0.310 e. The molecule has 0 bridgehead atoms. The summed E-state index contributed by atoms with van der Waals surface area (Å²) in [6.07, 6.45) is 2.81. The first kappa shape index (κ1) is 17.6. The molecule has 1 fully saturated rings. The molecule has 2 heterocycles. The Morgan fingerprint density at radius 3 is 2.52 bits per heavy atom. The lowest BCUT2D eigenvalue weighted by molar-refractivity contribution is -0.145. The zero-order chi connectivity index (χ0) is 18.2. The lowest BCUT2D eigenvalue weighted by Crippen LogP contribution is -2.30. The molecule has 9 heteroatoms. The molecule has 1 aromatic carbocycles. The fraction of sp³-hybridized carbons (Fsp3) is 0.375. The monoisotopic (exact) mass is 367 g/mol. The predicted molar refractivity (Wildman–Crippen MR) is 86.6 cm³/mol. The molecule has 0 amide bonds. The summed E-state index contributed by atoms with van der Waals surface area (Å²) in [5.74, 6) is -1.96. The zero-order valence-electron chi connectivity index (χ0n) is 13.8. The van der Waals surface area contributed by atoms with Crippen LogP contribution in [-0.4, -0.2) is 48.4 Å². The lowest BCUT2D eigenvalue weighted by atomic mass is 9.89. The van der Waals surface area contributed by atoms with Gasteiger partial charge in [0.1, 0.15) is 5.82 Å². The van der Waals surface area contributed by atoms with Crippen molar-refractivity contribution in [1.82, 2.24) is 13.9 Å². The second-order valence-electron chi connectivity index (χ2n) is 5.99. The Morgan fingerprint density at radius 1 is 1.28 bits per heavy atom. The van der Waals surface area contributed by atoms with Gasteiger partial charge in [-0.15, -0.1) is 0 Å². The van der Waals surface area contributed by atoms with E-state index in [9.17, 15) is 17.6 Å². The van der Waals surface area contributed by atoms with Gasteiger partial charge in [0.15, 0.2) is 5.03 Å². The molecule has 25 heavy (non-hydrogen) atoms. The fourth-order valence-corrected chi connectivity index (χ4v) is 4.51. The minimum atomic E-state index is -3.82. The van der Waals surface area contributed by atoms with Crippen LogP contribution in [0.25, 0.3) is 0 Å². The Hall–Kier alpha value is -2.26. The van der Waals surface area contributed by atoms with Crippen LogP contribution in [0.15, 0.2) is 41.8 Å². The van der Waals surface area contributed by atoms with E-state index < -0.39 is 33.6 Å². The van der Waals surface area contributed by atoms with Crippen LogP contribution in [0.2, 0.25) is 0 Å². The first-order valence-corrected chi connectivity index (χ1v) is 9.08. The molecule has 2 unspecified atom stereocenters. The molecule has 0 N–H and O–H groups in total. The van der Waals surface area contributed by atoms with Crippen molar-refractivity contribution in [3.8, 4) is 0 Å². The highest BCUT2D eigenvalue weighted by Crippen LogP contribution is 2.36. The molecule has 0 aliphatic carbocycles. The molecular weight excluding hydrogens is 349 g/mol. The number of benzene rings is 1. The molecule has 1 aliphatic rings. The Labute approximate surface area is 145 Å². The van der Waals surface area contributed by atoms with Crippen LogP contribution < -0.4 is 0 Å². The predicted octanol–water partition coefficient (Wildman–Crippen LogP) is 1.14. The molecule has 0 saturated carbocycles. The Bertz CT molecular complexity index is 879. The number of rotatable bonds is 4. The molecule has 134 valence electrons. The number of nitrogens with zero attached hydrogens (tertiary/aromatic N) is 3. The number of carbonyl (C=O) groups is 1. The Balaban J connectivity index is 1.94. The highest BCUT2D eigenvalue weighted by molar-refractivity contribution is 7.89. The van der Waals surface area contributed by atoms with Crippen LogP contribution in [0.3, 0.4) is 0 Å². The standard InChI is InChI=1S/C16H18FN3O4S/c1-19-9-15(18-10-19)25(22,23)20-7-13(14(8-20)16(21)24-2)11-3-5-12(17)6-4-11/h3-6,9-10,13-14H,7-8H2,1-2H3. The molecule has 0 radical (unpaired) electrons. The Kier molecular flexibility index (Phi) is 4.61. The van der Waals surface area contributed by atoms with Gasteiger partial charge in [-0.05, 0) is 17.7 Å². The highest BCUT2D eigenvalue weighted by Gasteiger charge is 2.44. The molecule has 3 rings (SSSR count). The minimum Gasteiger partial charge on any atom is -0.469 e. The second kappa shape index (κ2) is 6.57. The molecule has 0 spiro atoms. The van der Waals surface area contributed by atoms with Crippen LogP contribution in [0.5, 0.6) is 0 Å². The van der Waals surface area contributed by atoms with Crippen molar-refractivity contribution in [3.05, 3.63) is 48.2 Å². The van der Waals surface area contributed by atoms with Crippen molar-refractivity contribution in [2.24, 2.45) is 13.0 Å². The van der Waals surface area contributed by atoms with Gasteiger partial charge in [0.05, 0.1) is 19.4 Å². The van der Waals surface area contributed by atoms with Crippen molar-refractivity contribution in [2.75, 3.05) is 20.2 Å². The van der Waals surface area contributed by atoms with Gasteiger partial charge in [0, 0.05) is 32.3 Å². The average Bonchev–Trinajstić information content (AvgIpc) is 3.22. The number of aromatic nitrogens is 2. The minimum absolute atomic E-state index is 0.00633. The largest absolute Gasteiger partial charge is 0.469 e. The number of sulfonamides is 1. The fourth-order valence-electron chi connectivity index (χ4n) is 3.06. The number of hydrogen-bond acceptors (Lipinski definition) is 5. The van der Waals surface area contributed by atoms with E-state index in [0.29, 0.717) is 5.56 Å². The SMILES string of the molecule is COC(=O)C1CN(S(=O)(=O)c2cn(C)cn2)CC1c1ccc(F)cc1. The summed E-state index contributed by atoms with van der Waals surface area (Å²) in [7, 11) is -0.883. The summed E-state index contributed by atoms with van der Waals surface area (Å²) in [4.78, 5) is 16.0. The van der Waals surface area contributed by atoms with Crippen LogP contribution >= 0.6 is 0 Å². The first-order valence-electron chi connectivity index (χ1n) is 7.64. The van der Waals surface area contributed by atoms with Crippen molar-refractivity contribution >= 4 is 16.0 Å². The number of imidazole rings is 1. The summed E-state index contributed by atoms with van der Waals surface area (Å²) >= 11 is 0. The van der Waals surface area contributed by atoms with E-state index in [4.69, 9.17) is 4.74 Å². The summed E-state index contributed by atoms with van der Waals surface area (Å²) in [6.45, 7) is 0.0952. The lowest BCUT2D eigenvalue weighted by Gasteiger charge is -2.16. The van der Waals surface area contributed by atoms with Crippen LogP contribution in [0.1, 0.15) is 11.5 Å². The second-order valence-corrected chi connectivity index (χ2v) is 7.87. The van der Waals surface area contributed by atoms with Gasteiger partial charge in [-0.1, -0.05) is 12.1 Å². The number of carbonyl (C=O) groups excluding carboxylic acids is 1. The van der Waals surface area contributed by atoms with Gasteiger partial charge in [0.25, 0.3) is 10.0 Å². The van der Waals surface area contributed by atoms with E-state index in [1.807, 2.05) is 0 Å². The molecule has 1 aliphatic heterocycles. The summed E-state index contributed by atoms with van der Waals surface area (Å²) < 4.78 is 46.3. The van der Waals surface area contributed by atoms with E-state index in [-0.39, 0.29) is 18.1 Å². The zero-order valence-corrected chi connectivity index (χ0v) is 14.6. The van der Waals surface area contributed by atoms with Gasteiger partial charge >= 0.3 is 5.97 Å². The van der Waals surface area contributed by atoms with Gasteiger partial charge in [0.2, 0.25) is 0 Å². The smallest absolute Gasteiger partial charge is 0.310 e. The van der Waals surface area contributed by atoms with Gasteiger partial charge < -0.3 is 9.30 Å². The summed E-state index contributed by atoms with van der Waals surface area (Å²) in [6, 6.07) is 5.71. The van der Waals surface area contributed by atoms with E-state index >= 15 is 0 Å². The molecule has 2 atom stereocenters. The van der Waals surface area contributed by atoms with E-state index in [1.165, 1.54) is 40.6 Å². The molecule has 2 aromatic rings. The molecule has 7 nitrogen and oxygen atoms in total. The van der Waals surface area contributed by atoms with Crippen molar-refractivity contribution < 1.29 is 22.3 Å². The highest BCUT2D eigenvalue weighted by atomic mass is 32.2. The molecule has 1 aromatic heterocycles. The van der Waals surface area contributed by atoms with E-state index in [2.05, 4.69) is 4.98 Å². The van der Waals surface area contributed by atoms with Crippen LogP contribution in [0, 0.1) is 11.7 Å². The van der Waals surface area contributed by atoms with Gasteiger partial charge in [-0.3, -0.25) is 4.79 Å². The number of ether oxygens (including phenoxy) is 1. The van der Waals surface area contributed by atoms with E-state index in [1.54, 1.807) is 19.2 Å². The van der Waals surface area contributed by atoms with Crippen molar-refractivity contribution in [1.29, 1.82) is 0 Å². The average molecular weight is 367 g/mol. The maximum atomic E-state index is 13.2. The number of halogens is 1. The third-order valence-corrected chi connectivity index (χ3v) is 6.09. The molecular formula is C16H18FN3O4S. The maximum absolute atomic E-state index is 13.2. The van der Waals surface area contributed by atoms with Crippen molar-refractivity contribution in [2.45, 2.75) is 10.9 Å². The number of aryl methyl sites for hydroxylation is 1. The number of esters is 1. The third-order valence-electron chi connectivity index (χ3n) is 4.37. The van der Waals surface area contributed by atoms with Crippen LogP contribution in [-0.2, 0) is 26.6 Å². The Morgan fingerprint density at radius 2 is 1.96 bits per heavy atom. The quantitative estimate of drug-likeness (QED) is 0.757. The number of hydrogen-bond donors (Lipinski definition) is 0. The topological polar surface area (TPSA) is 81.5 Å². The molecule has 1 saturated heterocycles. The normalized spacial score (nSPS) is 21.4. The first-order chi connectivity index (χ1) is 11.8. The third kappa shape index (κ3) is 3.29. The van der Waals surface area contributed by atoms with E-state index in [0.717, 1.165) is 0 Å². The van der Waals surface area contributed by atoms with Gasteiger partial charge in [-0.25, -0.2) is 17.8 Å². The summed E-state index contributed by atoms with van der Waals surface area (Å²) in [5.41, 5.74) is 0.690. The van der Waals surface area contributed by atoms with Crippen LogP contribution in [0.4, 0.5) is 4.39 Å². The van der Waals surface area contributed by atoms with Crippen molar-refractivity contribution in [3.63, 3.8) is 0 Å². The number of methoxy groups -OCH3 is 1. The summed E-state index contributed by atoms with van der Waals surface area (Å²) in [5, 5.41) is -0.0710. The van der Waals surface area contributed by atoms with Gasteiger partial charge in [-0.2, -0.15) is 4.31 Å².